The van der Waals surface area contributed by atoms with Crippen LogP contribution in [0.25, 0.3) is 54.5 Å². The molecule has 8 N–H and O–H groups in total. The minimum atomic E-state index is -4.75. The lowest BCUT2D eigenvalue weighted by Gasteiger charge is -2.40. The number of nitrogens with one attached hydrogen (secondary N) is 8. The van der Waals surface area contributed by atoms with Crippen molar-refractivity contribution in [1.29, 1.82) is 0 Å². The van der Waals surface area contributed by atoms with Gasteiger partial charge >= 0.3 is 6.36 Å². The molecule has 0 bridgehead atoms. The highest BCUT2D eigenvalue weighted by Gasteiger charge is 2.44. The third-order valence-electron chi connectivity index (χ3n) is 22.3. The monoisotopic (exact) mass is 1730 g/mol. The molecule has 10 heterocycles. The van der Waals surface area contributed by atoms with Crippen molar-refractivity contribution in [2.45, 2.75) is 126 Å². The van der Waals surface area contributed by atoms with Gasteiger partial charge in [0.15, 0.2) is 11.6 Å². The van der Waals surface area contributed by atoms with Crippen LogP contribution in [-0.4, -0.2) is 126 Å². The molecule has 1 unspecified atom stereocenters. The number of carbonyl (C=O) groups excluding carboxylic acids is 5. The minimum absolute atomic E-state index is 0.0201. The van der Waals surface area contributed by atoms with E-state index in [0.717, 1.165) is 127 Å². The lowest BCUT2D eigenvalue weighted by molar-refractivity contribution is -0.274. The first-order chi connectivity index (χ1) is 57.5. The van der Waals surface area contributed by atoms with E-state index in [4.69, 9.17) is 32.7 Å². The van der Waals surface area contributed by atoms with Gasteiger partial charge in [-0.2, -0.15) is 20.4 Å². The number of carbonyl (C=O) groups is 5. The van der Waals surface area contributed by atoms with Crippen molar-refractivity contribution in [3.63, 3.8) is 0 Å². The molecule has 2 atom stereocenters. The third-order valence-corrected chi connectivity index (χ3v) is 23.3. The van der Waals surface area contributed by atoms with E-state index < -0.39 is 11.9 Å². The lowest BCUT2D eigenvalue weighted by atomic mass is 9.62. The molecule has 15 aromatic rings. The number of rotatable bonds is 21. The second kappa shape index (κ2) is 36.3. The zero-order valence-corrected chi connectivity index (χ0v) is 70.3. The number of fused-ring (bicyclic) bond motifs is 5. The van der Waals surface area contributed by atoms with E-state index in [1.54, 1.807) is 38.4 Å². The summed E-state index contributed by atoms with van der Waals surface area (Å²) in [6.45, 7) is 7.74. The largest absolute Gasteiger partial charge is 0.573 e. The summed E-state index contributed by atoms with van der Waals surface area (Å²) in [6.07, 6.45) is 19.8. The number of aromatic amines is 5. The number of ketones is 2. The number of hydrogen-bond acceptors (Lipinski definition) is 12. The zero-order valence-electron chi connectivity index (χ0n) is 67.2. The van der Waals surface area contributed by atoms with Gasteiger partial charge in [-0.25, -0.2) is 0 Å². The van der Waals surface area contributed by atoms with Crippen LogP contribution in [0.1, 0.15) is 171 Å². The summed E-state index contributed by atoms with van der Waals surface area (Å²) >= 11 is 15.5. The Kier molecular flexibility index (Phi) is 25.6. The second-order valence-corrected chi connectivity index (χ2v) is 32.9. The molecular weight excluding hydrogens is 1640 g/mol. The van der Waals surface area contributed by atoms with Gasteiger partial charge in [0, 0.05) is 171 Å². The maximum absolute atomic E-state index is 12.9. The van der Waals surface area contributed by atoms with Crippen molar-refractivity contribution < 1.29 is 51.4 Å². The van der Waals surface area contributed by atoms with Gasteiger partial charge in [-0.15, -0.1) is 13.2 Å². The average molecular weight is 1730 g/mol. The number of alkyl halides is 3. The Balaban J connectivity index is 0.000000123. The molecule has 3 amide bonds. The zero-order chi connectivity index (χ0) is 84.6. The smallest absolute Gasteiger partial charge is 0.494 e. The Morgan fingerprint density at radius 1 is 0.508 bits per heavy atom. The highest BCUT2D eigenvalue weighted by Crippen LogP contribution is 2.49. The van der Waals surface area contributed by atoms with Crippen molar-refractivity contribution in [2.75, 3.05) is 19.8 Å². The van der Waals surface area contributed by atoms with E-state index in [1.165, 1.54) is 30.2 Å². The molecule has 3 fully saturated rings. The summed E-state index contributed by atoms with van der Waals surface area (Å²) in [6, 6.07) is 45.7. The van der Waals surface area contributed by atoms with E-state index in [-0.39, 0.29) is 58.0 Å². The number of aryl methyl sites for hydroxylation is 4. The Morgan fingerprint density at radius 2 is 0.933 bits per heavy atom. The molecule has 6 aromatic carbocycles. The number of aromatic nitrogens is 13. The van der Waals surface area contributed by atoms with Gasteiger partial charge in [-0.1, -0.05) is 82.3 Å². The van der Waals surface area contributed by atoms with Crippen molar-refractivity contribution in [1.82, 2.24) is 80.0 Å². The summed E-state index contributed by atoms with van der Waals surface area (Å²) < 4.78 is 60.1. The van der Waals surface area contributed by atoms with Crippen molar-refractivity contribution in [2.24, 2.45) is 28.2 Å². The maximum atomic E-state index is 12.9. The average Bonchev–Trinajstić information content (AvgIpc) is 1.53. The number of ether oxygens (including phenoxy) is 3. The van der Waals surface area contributed by atoms with Crippen LogP contribution in [0.2, 0.25) is 10.0 Å². The highest BCUT2D eigenvalue weighted by molar-refractivity contribution is 9.10. The van der Waals surface area contributed by atoms with Crippen molar-refractivity contribution >= 4 is 123 Å². The number of benzene rings is 6. The fourth-order valence-electron chi connectivity index (χ4n) is 15.7. The standard InChI is InChI=1S/C19H18F3N3O2.C19H20N2O2.C18H18BrN3O.C18H19ClN4O2.C16H17ClN4O/c1-25-11-13(10-23-25)18(5-2-6-18)9-17(26)16-8-12-7-14(27-19(20,21)22)3-4-15(12)24-16;1-3-23-16-9-10-17-15(11-16)12-18(21-17)19(22)20-13(2)14-7-5-4-6-8-14;1-22-11-13(10-20-22)18(5-2-6-18)9-17(23)16-8-12-7-14(19)3-4-15(12)21-16;1-23-11-13(10-20-23)18(4-6-25-7-5-18)22-17(24)16-9-12-8-14(19)2-3-15(12)21-16;1-10(5-11-8-18-21(2)9-11)19-16(22)15-7-12-6-13(17)3-4-14(12)20-15/h3-4,7-8,10-11,24H,2,5-6,9H2,1H3;4-13,21H,3H2,1-2H3,(H,20,22);3-4,7-8,10-11,21H,2,5-6,9H2,1H3;2-3,8-11,21H,4-7H2,1H3,(H,22,24);3-4,6-10,20H,5H2,1-2H3,(H,19,22)/t;13-;;;/m.1.../s1. The molecule has 622 valence electrons. The van der Waals surface area contributed by atoms with Crippen molar-refractivity contribution in [3.8, 4) is 11.5 Å². The predicted molar refractivity (Wildman–Crippen MR) is 461 cm³/mol. The summed E-state index contributed by atoms with van der Waals surface area (Å²) in [5.74, 6) is 0.244. The number of hydrogen-bond donors (Lipinski definition) is 8. The minimum Gasteiger partial charge on any atom is -0.494 e. The highest BCUT2D eigenvalue weighted by atomic mass is 79.9. The second-order valence-electron chi connectivity index (χ2n) is 31.1. The number of halogens is 6. The first kappa shape index (κ1) is 84.5. The molecule has 24 nitrogen and oxygen atoms in total. The Hall–Kier alpha value is -12.0. The van der Waals surface area contributed by atoms with Crippen LogP contribution in [0.4, 0.5) is 13.2 Å². The molecule has 2 aliphatic carbocycles. The fourth-order valence-corrected chi connectivity index (χ4v) is 16.5. The molecule has 30 heteroatoms. The first-order valence-electron chi connectivity index (χ1n) is 39.6. The Bertz CT molecular complexity index is 6170. The quantitative estimate of drug-likeness (QED) is 0.0312. The molecule has 3 aliphatic rings. The van der Waals surface area contributed by atoms with Gasteiger partial charge in [-0.3, -0.25) is 42.7 Å². The van der Waals surface area contributed by atoms with Gasteiger partial charge < -0.3 is 55.1 Å². The molecular formula is C90H92BrCl2F3N16O8. The van der Waals surface area contributed by atoms with Crippen LogP contribution >= 0.6 is 39.1 Å². The maximum Gasteiger partial charge on any atom is 0.573 e. The first-order valence-corrected chi connectivity index (χ1v) is 41.2. The van der Waals surface area contributed by atoms with Gasteiger partial charge in [0.2, 0.25) is 0 Å². The normalized spacial score (nSPS) is 14.9. The van der Waals surface area contributed by atoms with Crippen LogP contribution in [0.5, 0.6) is 11.5 Å². The molecule has 0 spiro atoms. The molecule has 1 aliphatic heterocycles. The predicted octanol–water partition coefficient (Wildman–Crippen LogP) is 18.8. The third kappa shape index (κ3) is 20.3. The Morgan fingerprint density at radius 3 is 1.40 bits per heavy atom. The molecule has 0 radical (unpaired) electrons. The van der Waals surface area contributed by atoms with Crippen LogP contribution in [-0.2, 0) is 55.7 Å². The van der Waals surface area contributed by atoms with E-state index in [9.17, 15) is 37.1 Å². The van der Waals surface area contributed by atoms with E-state index in [1.807, 2.05) is 206 Å². The summed E-state index contributed by atoms with van der Waals surface area (Å²) in [7, 11) is 7.52. The fraction of sp³-hybridized carbons (Fsp3) is 0.300. The number of amides is 3. The van der Waals surface area contributed by atoms with Gasteiger partial charge in [0.25, 0.3) is 17.7 Å². The SMILES string of the molecule is CC(Cc1cnn(C)c1)NC(=O)c1cc2cc(Cl)ccc2[nH]1.CCOc1ccc2[nH]c(C(=O)N[C@H](C)c3ccccc3)cc2c1.Cn1cc(C2(CC(=O)c3cc4cc(Br)ccc4[nH]3)CCC2)cn1.Cn1cc(C2(CC(=O)c3cc4cc(OC(F)(F)F)ccc4[nH]3)CCC2)cn1.Cn1cc(C2(NC(=O)c3cc4cc(Cl)ccc4[nH]3)CCOCC2)cn1. The molecule has 2 saturated carbocycles. The van der Waals surface area contributed by atoms with Crippen LogP contribution in [0, 0.1) is 0 Å². The number of Topliss-reactive ketones (excluding diaryl/α,β-unsaturated/α-hetero) is 2. The summed E-state index contributed by atoms with van der Waals surface area (Å²) in [4.78, 5) is 79.0. The van der Waals surface area contributed by atoms with E-state index in [0.29, 0.717) is 82.1 Å². The van der Waals surface area contributed by atoms with Crippen LogP contribution in [0.15, 0.2) is 206 Å². The summed E-state index contributed by atoms with van der Waals surface area (Å²) in [5.41, 5.74) is 11.8. The van der Waals surface area contributed by atoms with E-state index >= 15 is 0 Å². The van der Waals surface area contributed by atoms with Crippen LogP contribution < -0.4 is 25.4 Å². The van der Waals surface area contributed by atoms with Gasteiger partial charge in [0.05, 0.1) is 54.4 Å². The molecule has 120 heavy (non-hydrogen) atoms. The molecule has 9 aromatic heterocycles. The van der Waals surface area contributed by atoms with Gasteiger partial charge in [0.1, 0.15) is 28.6 Å². The molecule has 1 saturated heterocycles. The number of nitrogens with zero attached hydrogens (tertiary/aromatic N) is 8. The number of H-pyrrole nitrogens is 5. The Labute approximate surface area is 707 Å². The summed E-state index contributed by atoms with van der Waals surface area (Å²) in [5, 5.41) is 31.8. The lowest BCUT2D eigenvalue weighted by Crippen LogP contribution is -2.49. The van der Waals surface area contributed by atoms with Gasteiger partial charge in [-0.05, 0) is 209 Å². The topological polar surface area (TPSA) is 299 Å². The van der Waals surface area contributed by atoms with E-state index in [2.05, 4.69) is 88.1 Å². The van der Waals surface area contributed by atoms with Crippen molar-refractivity contribution in [3.05, 3.63) is 272 Å². The molecule has 18 rings (SSSR count). The van der Waals surface area contributed by atoms with Crippen LogP contribution in [0.3, 0.4) is 0 Å².